The summed E-state index contributed by atoms with van der Waals surface area (Å²) in [7, 11) is 0. The van der Waals surface area contributed by atoms with Gasteiger partial charge in [0.05, 0.1) is 5.69 Å². The van der Waals surface area contributed by atoms with E-state index in [4.69, 9.17) is 5.73 Å². The first kappa shape index (κ1) is 17.7. The second kappa shape index (κ2) is 7.86. The molecular weight excluding hydrogens is 335 g/mol. The molecule has 6 nitrogen and oxygen atoms in total. The minimum atomic E-state index is -0.498. The van der Waals surface area contributed by atoms with Crippen molar-refractivity contribution in [2.75, 3.05) is 31.1 Å². The maximum atomic E-state index is 13.9. The molecule has 1 heterocycles. The Kier molecular flexibility index (Phi) is 5.36. The van der Waals surface area contributed by atoms with Crippen LogP contribution in [0.3, 0.4) is 0 Å². The van der Waals surface area contributed by atoms with E-state index in [0.29, 0.717) is 44.0 Å². The number of anilines is 1. The van der Waals surface area contributed by atoms with Gasteiger partial charge in [0.2, 0.25) is 5.91 Å². The fourth-order valence-electron chi connectivity index (χ4n) is 2.98. The number of nitrogens with zero attached hydrogens (tertiary/aromatic N) is 2. The standard InChI is InChI=1S/C19H21FN4O2/c20-16-6-1-2-7-17(16)23-8-10-24(11-9-23)19(26)22-13-14-4-3-5-15(12-14)18(21)25/h1-7,12H,8-11,13H2,(H2,21,25)(H,22,26). The van der Waals surface area contributed by atoms with Crippen molar-refractivity contribution in [2.45, 2.75) is 6.54 Å². The van der Waals surface area contributed by atoms with Crippen LogP contribution in [0.5, 0.6) is 0 Å². The number of halogens is 1. The third-order valence-corrected chi connectivity index (χ3v) is 4.42. The molecule has 0 spiro atoms. The van der Waals surface area contributed by atoms with Gasteiger partial charge < -0.3 is 20.9 Å². The van der Waals surface area contributed by atoms with Crippen molar-refractivity contribution in [3.05, 3.63) is 65.5 Å². The van der Waals surface area contributed by atoms with Crippen LogP contribution in [-0.4, -0.2) is 43.0 Å². The zero-order valence-electron chi connectivity index (χ0n) is 14.3. The Morgan fingerprint density at radius 3 is 2.46 bits per heavy atom. The number of rotatable bonds is 4. The van der Waals surface area contributed by atoms with Crippen LogP contribution in [0, 0.1) is 5.82 Å². The number of carbonyl (C=O) groups excluding carboxylic acids is 2. The Balaban J connectivity index is 1.52. The van der Waals surface area contributed by atoms with E-state index in [1.165, 1.54) is 6.07 Å². The number of carbonyl (C=O) groups is 2. The number of urea groups is 1. The summed E-state index contributed by atoms with van der Waals surface area (Å²) in [5.74, 6) is -0.748. The number of hydrogen-bond acceptors (Lipinski definition) is 3. The molecule has 0 radical (unpaired) electrons. The van der Waals surface area contributed by atoms with Crippen LogP contribution >= 0.6 is 0 Å². The molecule has 0 atom stereocenters. The number of amides is 3. The Morgan fingerprint density at radius 2 is 1.77 bits per heavy atom. The van der Waals surface area contributed by atoms with Crippen molar-refractivity contribution in [1.82, 2.24) is 10.2 Å². The predicted octanol–water partition coefficient (Wildman–Crippen LogP) is 1.96. The average molecular weight is 356 g/mol. The summed E-state index contributed by atoms with van der Waals surface area (Å²) in [6.45, 7) is 2.49. The molecule has 0 aliphatic carbocycles. The Hall–Kier alpha value is -3.09. The minimum Gasteiger partial charge on any atom is -0.366 e. The Morgan fingerprint density at radius 1 is 1.04 bits per heavy atom. The highest BCUT2D eigenvalue weighted by Gasteiger charge is 2.22. The first-order valence-corrected chi connectivity index (χ1v) is 8.45. The Labute approximate surface area is 151 Å². The number of nitrogens with one attached hydrogen (secondary N) is 1. The quantitative estimate of drug-likeness (QED) is 0.879. The largest absolute Gasteiger partial charge is 0.366 e. The van der Waals surface area contributed by atoms with Crippen LogP contribution in [0.15, 0.2) is 48.5 Å². The fraction of sp³-hybridized carbons (Fsp3) is 0.263. The van der Waals surface area contributed by atoms with Gasteiger partial charge in [0.15, 0.2) is 0 Å². The van der Waals surface area contributed by atoms with Crippen molar-refractivity contribution in [3.8, 4) is 0 Å². The van der Waals surface area contributed by atoms with Gasteiger partial charge in [-0.05, 0) is 29.8 Å². The van der Waals surface area contributed by atoms with E-state index >= 15 is 0 Å². The highest BCUT2D eigenvalue weighted by molar-refractivity contribution is 5.92. The summed E-state index contributed by atoms with van der Waals surface area (Å²) in [5.41, 5.74) is 7.04. The van der Waals surface area contributed by atoms with Gasteiger partial charge in [-0.3, -0.25) is 4.79 Å². The molecule has 0 unspecified atom stereocenters. The first-order chi connectivity index (χ1) is 12.5. The first-order valence-electron chi connectivity index (χ1n) is 8.45. The average Bonchev–Trinajstić information content (AvgIpc) is 2.67. The molecule has 26 heavy (non-hydrogen) atoms. The number of piperazine rings is 1. The van der Waals surface area contributed by atoms with Crippen molar-refractivity contribution in [1.29, 1.82) is 0 Å². The molecule has 2 aromatic carbocycles. The minimum absolute atomic E-state index is 0.178. The van der Waals surface area contributed by atoms with Crippen LogP contribution < -0.4 is 16.0 Å². The van der Waals surface area contributed by atoms with Crippen molar-refractivity contribution in [2.24, 2.45) is 5.73 Å². The summed E-state index contributed by atoms with van der Waals surface area (Å²) in [6.07, 6.45) is 0. The van der Waals surface area contributed by atoms with Crippen LogP contribution in [0.2, 0.25) is 0 Å². The van der Waals surface area contributed by atoms with Gasteiger partial charge in [-0.15, -0.1) is 0 Å². The molecule has 3 N–H and O–H groups in total. The Bertz CT molecular complexity index is 804. The van der Waals surface area contributed by atoms with Gasteiger partial charge in [0.1, 0.15) is 5.82 Å². The van der Waals surface area contributed by atoms with E-state index in [1.807, 2.05) is 11.0 Å². The number of primary amides is 1. The van der Waals surface area contributed by atoms with Crippen molar-refractivity contribution >= 4 is 17.6 Å². The molecule has 3 rings (SSSR count). The van der Waals surface area contributed by atoms with E-state index in [2.05, 4.69) is 5.32 Å². The fourth-order valence-corrected chi connectivity index (χ4v) is 2.98. The van der Waals surface area contributed by atoms with E-state index in [-0.39, 0.29) is 11.8 Å². The van der Waals surface area contributed by atoms with Crippen molar-refractivity contribution in [3.63, 3.8) is 0 Å². The smallest absolute Gasteiger partial charge is 0.317 e. The van der Waals surface area contributed by atoms with Crippen LogP contribution in [0.4, 0.5) is 14.9 Å². The molecular formula is C19H21FN4O2. The lowest BCUT2D eigenvalue weighted by Gasteiger charge is -2.36. The van der Waals surface area contributed by atoms with Crippen LogP contribution in [0.25, 0.3) is 0 Å². The monoisotopic (exact) mass is 356 g/mol. The molecule has 2 aromatic rings. The lowest BCUT2D eigenvalue weighted by atomic mass is 10.1. The molecule has 1 aliphatic rings. The molecule has 1 saturated heterocycles. The maximum absolute atomic E-state index is 13.9. The second-order valence-corrected chi connectivity index (χ2v) is 6.15. The summed E-state index contributed by atoms with van der Waals surface area (Å²) >= 11 is 0. The van der Waals surface area contributed by atoms with Gasteiger partial charge in [0, 0.05) is 38.3 Å². The molecule has 0 bridgehead atoms. The van der Waals surface area contributed by atoms with Gasteiger partial charge in [-0.2, -0.15) is 0 Å². The summed E-state index contributed by atoms with van der Waals surface area (Å²) in [6, 6.07) is 13.3. The molecule has 3 amide bonds. The maximum Gasteiger partial charge on any atom is 0.317 e. The third kappa shape index (κ3) is 4.11. The van der Waals surface area contributed by atoms with Crippen LogP contribution in [-0.2, 0) is 6.54 Å². The topological polar surface area (TPSA) is 78.7 Å². The molecule has 1 fully saturated rings. The normalized spacial score (nSPS) is 14.2. The molecule has 0 saturated carbocycles. The molecule has 7 heteroatoms. The van der Waals surface area contributed by atoms with E-state index in [1.54, 1.807) is 41.3 Å². The highest BCUT2D eigenvalue weighted by Crippen LogP contribution is 2.20. The predicted molar refractivity (Wildman–Crippen MR) is 97.4 cm³/mol. The van der Waals surface area contributed by atoms with Gasteiger partial charge in [-0.25, -0.2) is 9.18 Å². The number of benzene rings is 2. The number of para-hydroxylation sites is 1. The van der Waals surface area contributed by atoms with E-state index < -0.39 is 5.91 Å². The molecule has 1 aliphatic heterocycles. The zero-order valence-corrected chi connectivity index (χ0v) is 14.3. The summed E-state index contributed by atoms with van der Waals surface area (Å²) in [4.78, 5) is 27.2. The van der Waals surface area contributed by atoms with Gasteiger partial charge in [0.25, 0.3) is 0 Å². The van der Waals surface area contributed by atoms with E-state index in [9.17, 15) is 14.0 Å². The van der Waals surface area contributed by atoms with Crippen LogP contribution in [0.1, 0.15) is 15.9 Å². The molecule has 0 aromatic heterocycles. The zero-order chi connectivity index (χ0) is 18.5. The highest BCUT2D eigenvalue weighted by atomic mass is 19.1. The number of nitrogens with two attached hydrogens (primary N) is 1. The van der Waals surface area contributed by atoms with Gasteiger partial charge in [-0.1, -0.05) is 24.3 Å². The van der Waals surface area contributed by atoms with Gasteiger partial charge >= 0.3 is 6.03 Å². The SMILES string of the molecule is NC(=O)c1cccc(CNC(=O)N2CCN(c3ccccc3F)CC2)c1. The summed E-state index contributed by atoms with van der Waals surface area (Å²) in [5, 5.41) is 2.84. The number of hydrogen-bond donors (Lipinski definition) is 2. The van der Waals surface area contributed by atoms with E-state index in [0.717, 1.165) is 5.56 Å². The molecule has 136 valence electrons. The second-order valence-electron chi connectivity index (χ2n) is 6.15. The summed E-state index contributed by atoms with van der Waals surface area (Å²) < 4.78 is 13.9. The lowest BCUT2D eigenvalue weighted by Crippen LogP contribution is -2.51. The third-order valence-electron chi connectivity index (χ3n) is 4.42. The van der Waals surface area contributed by atoms with Crippen molar-refractivity contribution < 1.29 is 14.0 Å². The lowest BCUT2D eigenvalue weighted by molar-refractivity contribution is 0.1000.